The SMILES string of the molecule is Nc1c(OCC(F)F)cc(Br)cc1C(=O)O. The molecule has 1 aromatic carbocycles. The Morgan fingerprint density at radius 2 is 2.19 bits per heavy atom. The van der Waals surface area contributed by atoms with E-state index in [9.17, 15) is 13.6 Å². The van der Waals surface area contributed by atoms with Gasteiger partial charge in [-0.3, -0.25) is 0 Å². The summed E-state index contributed by atoms with van der Waals surface area (Å²) in [6.45, 7) is -0.834. The molecule has 4 nitrogen and oxygen atoms in total. The van der Waals surface area contributed by atoms with Crippen molar-refractivity contribution in [2.75, 3.05) is 12.3 Å². The Morgan fingerprint density at radius 3 is 2.69 bits per heavy atom. The summed E-state index contributed by atoms with van der Waals surface area (Å²) in [7, 11) is 0. The minimum atomic E-state index is -2.65. The molecule has 0 bridgehead atoms. The second-order valence-electron chi connectivity index (χ2n) is 2.87. The zero-order valence-corrected chi connectivity index (χ0v) is 9.50. The van der Waals surface area contributed by atoms with Crippen LogP contribution in [0.1, 0.15) is 10.4 Å². The molecule has 0 radical (unpaired) electrons. The summed E-state index contributed by atoms with van der Waals surface area (Å²) >= 11 is 3.04. The van der Waals surface area contributed by atoms with Gasteiger partial charge in [0, 0.05) is 4.47 Å². The minimum absolute atomic E-state index is 0.0768. The molecule has 0 unspecified atom stereocenters. The fourth-order valence-corrected chi connectivity index (χ4v) is 1.48. The molecule has 0 aliphatic carbocycles. The van der Waals surface area contributed by atoms with Crippen molar-refractivity contribution in [2.24, 2.45) is 0 Å². The van der Waals surface area contributed by atoms with Gasteiger partial charge < -0.3 is 15.6 Å². The van der Waals surface area contributed by atoms with E-state index >= 15 is 0 Å². The second kappa shape index (κ2) is 5.11. The number of alkyl halides is 2. The standard InChI is InChI=1S/C9H8BrF2NO3/c10-4-1-5(9(14)15)8(13)6(2-4)16-3-7(11)12/h1-2,7H,3,13H2,(H,14,15). The first-order chi connectivity index (χ1) is 7.41. The molecule has 0 aliphatic heterocycles. The predicted octanol–water partition coefficient (Wildman–Crippen LogP) is 2.37. The molecule has 0 aromatic heterocycles. The Morgan fingerprint density at radius 1 is 1.56 bits per heavy atom. The van der Waals surface area contributed by atoms with Gasteiger partial charge in [0.15, 0.2) is 0 Å². The number of nitrogen functional groups attached to an aromatic ring is 1. The fraction of sp³-hybridized carbons (Fsp3) is 0.222. The number of benzene rings is 1. The quantitative estimate of drug-likeness (QED) is 0.837. The largest absolute Gasteiger partial charge is 0.485 e. The van der Waals surface area contributed by atoms with Gasteiger partial charge in [0.25, 0.3) is 6.43 Å². The fourth-order valence-electron chi connectivity index (χ4n) is 1.04. The number of hydrogen-bond acceptors (Lipinski definition) is 3. The average molecular weight is 296 g/mol. The van der Waals surface area contributed by atoms with Crippen molar-refractivity contribution >= 4 is 27.6 Å². The third kappa shape index (κ3) is 3.06. The number of aromatic carboxylic acids is 1. The van der Waals surface area contributed by atoms with Crippen molar-refractivity contribution < 1.29 is 23.4 Å². The minimum Gasteiger partial charge on any atom is -0.485 e. The monoisotopic (exact) mass is 295 g/mol. The van der Waals surface area contributed by atoms with E-state index in [2.05, 4.69) is 15.9 Å². The van der Waals surface area contributed by atoms with Crippen LogP contribution in [0.15, 0.2) is 16.6 Å². The highest BCUT2D eigenvalue weighted by molar-refractivity contribution is 9.10. The first kappa shape index (κ1) is 12.7. The molecule has 0 spiro atoms. The van der Waals surface area contributed by atoms with Crippen LogP contribution in [0.25, 0.3) is 0 Å². The smallest absolute Gasteiger partial charge is 0.337 e. The molecule has 3 N–H and O–H groups in total. The van der Waals surface area contributed by atoms with Gasteiger partial charge in [-0.2, -0.15) is 0 Å². The summed E-state index contributed by atoms with van der Waals surface area (Å²) in [5.41, 5.74) is 5.10. The molecule has 0 fully saturated rings. The second-order valence-corrected chi connectivity index (χ2v) is 3.79. The highest BCUT2D eigenvalue weighted by Gasteiger charge is 2.15. The molecule has 0 saturated heterocycles. The van der Waals surface area contributed by atoms with Crippen molar-refractivity contribution in [1.82, 2.24) is 0 Å². The van der Waals surface area contributed by atoms with Crippen LogP contribution < -0.4 is 10.5 Å². The number of nitrogens with two attached hydrogens (primary N) is 1. The van der Waals surface area contributed by atoms with E-state index in [0.717, 1.165) is 0 Å². The third-order valence-electron chi connectivity index (χ3n) is 1.70. The molecular weight excluding hydrogens is 288 g/mol. The van der Waals surface area contributed by atoms with Gasteiger partial charge in [-0.25, -0.2) is 13.6 Å². The number of carboxylic acids is 1. The molecule has 7 heteroatoms. The molecule has 1 rings (SSSR count). The van der Waals surface area contributed by atoms with Crippen LogP contribution in [0.5, 0.6) is 5.75 Å². The van der Waals surface area contributed by atoms with E-state index in [-0.39, 0.29) is 17.0 Å². The van der Waals surface area contributed by atoms with Gasteiger partial charge in [-0.1, -0.05) is 15.9 Å². The van der Waals surface area contributed by atoms with Crippen LogP contribution in [0, 0.1) is 0 Å². The molecule has 16 heavy (non-hydrogen) atoms. The maximum absolute atomic E-state index is 11.9. The predicted molar refractivity (Wildman–Crippen MR) is 57.0 cm³/mol. The molecular formula is C9H8BrF2NO3. The zero-order valence-electron chi connectivity index (χ0n) is 7.91. The van der Waals surface area contributed by atoms with Crippen molar-refractivity contribution in [3.8, 4) is 5.75 Å². The van der Waals surface area contributed by atoms with Gasteiger partial charge >= 0.3 is 5.97 Å². The van der Waals surface area contributed by atoms with E-state index < -0.39 is 19.0 Å². The topological polar surface area (TPSA) is 72.5 Å². The molecule has 0 aliphatic rings. The van der Waals surface area contributed by atoms with Crippen LogP contribution in [-0.4, -0.2) is 24.1 Å². The van der Waals surface area contributed by atoms with E-state index in [0.29, 0.717) is 4.47 Å². The normalized spacial score (nSPS) is 10.5. The lowest BCUT2D eigenvalue weighted by Gasteiger charge is -2.10. The molecule has 0 saturated carbocycles. The Labute approximate surface area is 98.1 Å². The Hall–Kier alpha value is -1.37. The highest BCUT2D eigenvalue weighted by Crippen LogP contribution is 2.30. The van der Waals surface area contributed by atoms with Gasteiger partial charge in [0.2, 0.25) is 0 Å². The highest BCUT2D eigenvalue weighted by atomic mass is 79.9. The van der Waals surface area contributed by atoms with Crippen molar-refractivity contribution in [3.05, 3.63) is 22.2 Å². The summed E-state index contributed by atoms with van der Waals surface area (Å²) in [4.78, 5) is 10.8. The summed E-state index contributed by atoms with van der Waals surface area (Å²) in [6, 6.07) is 2.61. The number of halogens is 3. The van der Waals surface area contributed by atoms with Crippen molar-refractivity contribution in [1.29, 1.82) is 0 Å². The van der Waals surface area contributed by atoms with Crippen LogP contribution in [0.3, 0.4) is 0 Å². The van der Waals surface area contributed by atoms with E-state index in [1.165, 1.54) is 12.1 Å². The molecule has 0 amide bonds. The zero-order chi connectivity index (χ0) is 12.3. The molecule has 1 aromatic rings. The number of anilines is 1. The number of carboxylic acid groups (broad SMARTS) is 1. The Bertz CT molecular complexity index is 412. The van der Waals surface area contributed by atoms with E-state index in [1.54, 1.807) is 0 Å². The number of rotatable bonds is 4. The van der Waals surface area contributed by atoms with Crippen LogP contribution in [0.4, 0.5) is 14.5 Å². The molecule has 0 atom stereocenters. The van der Waals surface area contributed by atoms with Crippen molar-refractivity contribution in [3.63, 3.8) is 0 Å². The number of hydrogen-bond donors (Lipinski definition) is 2. The van der Waals surface area contributed by atoms with Crippen LogP contribution in [-0.2, 0) is 0 Å². The first-order valence-electron chi connectivity index (χ1n) is 4.15. The molecule has 0 heterocycles. The maximum atomic E-state index is 11.9. The average Bonchev–Trinajstić information content (AvgIpc) is 2.18. The maximum Gasteiger partial charge on any atom is 0.337 e. The van der Waals surface area contributed by atoms with Crippen LogP contribution in [0.2, 0.25) is 0 Å². The van der Waals surface area contributed by atoms with Gasteiger partial charge in [-0.05, 0) is 12.1 Å². The van der Waals surface area contributed by atoms with Crippen LogP contribution >= 0.6 is 15.9 Å². The Kier molecular flexibility index (Phi) is 4.05. The number of carbonyl (C=O) groups is 1. The summed E-state index contributed by atoms with van der Waals surface area (Å²) in [5, 5.41) is 8.79. The summed E-state index contributed by atoms with van der Waals surface area (Å²) in [6.07, 6.45) is -2.65. The van der Waals surface area contributed by atoms with E-state index in [1.807, 2.05) is 0 Å². The lowest BCUT2D eigenvalue weighted by atomic mass is 10.1. The van der Waals surface area contributed by atoms with Gasteiger partial charge in [0.1, 0.15) is 12.4 Å². The van der Waals surface area contributed by atoms with Crippen molar-refractivity contribution in [2.45, 2.75) is 6.43 Å². The summed E-state index contributed by atoms with van der Waals surface area (Å²) in [5.74, 6) is -1.33. The lowest BCUT2D eigenvalue weighted by molar-refractivity contribution is 0.0696. The third-order valence-corrected chi connectivity index (χ3v) is 2.16. The first-order valence-corrected chi connectivity index (χ1v) is 4.94. The Balaban J connectivity index is 3.04. The van der Waals surface area contributed by atoms with Gasteiger partial charge in [-0.15, -0.1) is 0 Å². The summed E-state index contributed by atoms with van der Waals surface area (Å²) < 4.78 is 28.9. The van der Waals surface area contributed by atoms with Gasteiger partial charge in [0.05, 0.1) is 11.3 Å². The lowest BCUT2D eigenvalue weighted by Crippen LogP contribution is -2.10. The molecule has 88 valence electrons. The number of ether oxygens (including phenoxy) is 1. The van der Waals surface area contributed by atoms with E-state index in [4.69, 9.17) is 15.6 Å².